The largest absolute Gasteiger partial charge is 2.00 e. The Morgan fingerprint density at radius 3 is 1.08 bits per heavy atom. The predicted octanol–water partition coefficient (Wildman–Crippen LogP) is 0.276. The molecule has 0 unspecified atom stereocenters. The fraction of sp³-hybridized carbons (Fsp3) is 0.833. The fourth-order valence-electron chi connectivity index (χ4n) is 1.18. The maximum Gasteiger partial charge on any atom is 2.00 e. The first-order chi connectivity index (χ1) is 11.4. The Kier molecular flexibility index (Phi) is 57.9. The van der Waals surface area contributed by atoms with Gasteiger partial charge in [0.2, 0.25) is 0 Å². The number of carboxylic acids is 2. The van der Waals surface area contributed by atoms with Gasteiger partial charge in [-0.2, -0.15) is 0 Å². The second-order valence-electron chi connectivity index (χ2n) is 4.09. The van der Waals surface area contributed by atoms with Crippen molar-refractivity contribution in [3.8, 4) is 0 Å². The Labute approximate surface area is 184 Å². The zero-order valence-corrected chi connectivity index (χ0v) is 19.0. The number of carbonyl (C=O) groups is 2. The first-order valence-corrected chi connectivity index (χ1v) is 8.61. The van der Waals surface area contributed by atoms with Crippen LogP contribution in [0.4, 0.5) is 0 Å². The van der Waals surface area contributed by atoms with Crippen molar-refractivity contribution in [2.24, 2.45) is 11.5 Å². The third-order valence-electron chi connectivity index (χ3n) is 2.17. The molecule has 6 N–H and O–H groups in total. The SMILES string of the molecule is ClNCl.ClNCl.NCCCCCC(=O)[O-].NCCCCCC(=O)[O-].[Pt+2]. The van der Waals surface area contributed by atoms with E-state index in [9.17, 15) is 19.8 Å². The number of nitrogens with two attached hydrogens (primary N) is 2. The Morgan fingerprint density at radius 1 is 0.680 bits per heavy atom. The summed E-state index contributed by atoms with van der Waals surface area (Å²) in [5, 5.41) is 19.6. The van der Waals surface area contributed by atoms with Crippen LogP contribution in [0.1, 0.15) is 51.4 Å². The van der Waals surface area contributed by atoms with Crippen molar-refractivity contribution in [2.45, 2.75) is 51.4 Å². The van der Waals surface area contributed by atoms with Gasteiger partial charge in [-0.25, -0.2) is 0 Å². The summed E-state index contributed by atoms with van der Waals surface area (Å²) in [6.07, 6.45) is 5.33. The second kappa shape index (κ2) is 39.6. The zero-order valence-electron chi connectivity index (χ0n) is 13.7. The van der Waals surface area contributed by atoms with E-state index in [1.165, 1.54) is 0 Å². The summed E-state index contributed by atoms with van der Waals surface area (Å²) in [5.74, 6) is -1.93. The predicted molar refractivity (Wildman–Crippen MR) is 94.7 cm³/mol. The first-order valence-electron chi connectivity index (χ1n) is 7.10. The number of nitrogens with one attached hydrogen (secondary N) is 2. The van der Waals surface area contributed by atoms with E-state index in [1.54, 1.807) is 8.71 Å². The summed E-state index contributed by atoms with van der Waals surface area (Å²) in [6.45, 7) is 1.29. The monoisotopic (exact) mass is 625 g/mol. The van der Waals surface area contributed by atoms with Crippen molar-refractivity contribution in [3.05, 3.63) is 0 Å². The van der Waals surface area contributed by atoms with Gasteiger partial charge in [0.15, 0.2) is 0 Å². The smallest absolute Gasteiger partial charge is 0.550 e. The molecule has 0 spiro atoms. The zero-order chi connectivity index (χ0) is 19.6. The van der Waals surface area contributed by atoms with Crippen molar-refractivity contribution in [1.82, 2.24) is 8.71 Å². The minimum absolute atomic E-state index is 0. The molecule has 0 aliphatic carbocycles. The van der Waals surface area contributed by atoms with Crippen LogP contribution >= 0.6 is 47.1 Å². The van der Waals surface area contributed by atoms with E-state index in [1.807, 2.05) is 0 Å². The average Bonchev–Trinajstić information content (AvgIpc) is 2.50. The van der Waals surface area contributed by atoms with Crippen LogP contribution < -0.4 is 30.4 Å². The van der Waals surface area contributed by atoms with Crippen LogP contribution in [0.2, 0.25) is 0 Å². The molecular weight excluding hydrogens is 601 g/mol. The molecule has 0 aromatic heterocycles. The van der Waals surface area contributed by atoms with Crippen LogP contribution in [-0.2, 0) is 30.7 Å². The van der Waals surface area contributed by atoms with E-state index in [0.717, 1.165) is 25.7 Å². The Morgan fingerprint density at radius 2 is 0.920 bits per heavy atom. The summed E-state index contributed by atoms with van der Waals surface area (Å²) >= 11 is 18.1. The van der Waals surface area contributed by atoms with Crippen LogP contribution in [0.3, 0.4) is 0 Å². The van der Waals surface area contributed by atoms with Crippen molar-refractivity contribution >= 4 is 59.0 Å². The Hall–Kier alpha value is 0.628. The quantitative estimate of drug-likeness (QED) is 0.199. The molecule has 25 heavy (non-hydrogen) atoms. The van der Waals surface area contributed by atoms with E-state index in [-0.39, 0.29) is 33.9 Å². The summed E-state index contributed by atoms with van der Waals surface area (Å²) in [4.78, 5) is 19.6. The van der Waals surface area contributed by atoms with E-state index in [2.05, 4.69) is 47.1 Å². The number of unbranched alkanes of at least 4 members (excludes halogenated alkanes) is 4. The summed E-state index contributed by atoms with van der Waals surface area (Å²) in [7, 11) is 0. The van der Waals surface area contributed by atoms with Gasteiger partial charge >= 0.3 is 21.1 Å². The molecule has 0 fully saturated rings. The molecule has 0 radical (unpaired) electrons. The van der Waals surface area contributed by atoms with Gasteiger partial charge in [0, 0.05) is 11.9 Å². The van der Waals surface area contributed by atoms with Gasteiger partial charge in [-0.15, -0.1) is 8.71 Å². The topological polar surface area (TPSA) is 156 Å². The minimum atomic E-state index is -0.966. The molecule has 0 aromatic carbocycles. The number of rotatable bonds is 10. The number of halogens is 4. The fourth-order valence-corrected chi connectivity index (χ4v) is 1.18. The Balaban J connectivity index is -0.0000000788. The maximum absolute atomic E-state index is 9.82. The molecule has 13 heteroatoms. The van der Waals surface area contributed by atoms with Gasteiger partial charge in [-0.3, -0.25) is 0 Å². The van der Waals surface area contributed by atoms with Crippen molar-refractivity contribution in [2.75, 3.05) is 13.1 Å². The molecule has 0 aliphatic rings. The molecule has 0 atom stereocenters. The molecule has 0 aliphatic heterocycles. The second-order valence-corrected chi connectivity index (χ2v) is 5.23. The van der Waals surface area contributed by atoms with Gasteiger partial charge in [0.25, 0.3) is 0 Å². The van der Waals surface area contributed by atoms with E-state index < -0.39 is 11.9 Å². The number of aliphatic carboxylic acids is 2. The number of carboxylic acid groups (broad SMARTS) is 2. The number of carbonyl (C=O) groups excluding carboxylic acids is 2. The van der Waals surface area contributed by atoms with Crippen molar-refractivity contribution in [1.29, 1.82) is 0 Å². The standard InChI is InChI=1S/2C6H13NO2.2Cl2HN.Pt/c2*7-5-3-1-2-4-6(8)9;2*1-3-2;/h2*1-5,7H2,(H,8,9);2*3H;/q;;;;+2/p-2. The van der Waals surface area contributed by atoms with Crippen LogP contribution in [0, 0.1) is 0 Å². The molecule has 0 amide bonds. The van der Waals surface area contributed by atoms with Gasteiger partial charge in [0.05, 0.1) is 0 Å². The molecule has 0 bridgehead atoms. The van der Waals surface area contributed by atoms with Crippen LogP contribution in [0.5, 0.6) is 0 Å². The van der Waals surface area contributed by atoms with Crippen molar-refractivity contribution < 1.29 is 40.9 Å². The van der Waals surface area contributed by atoms with Gasteiger partial charge in [-0.05, 0) is 98.7 Å². The summed E-state index contributed by atoms with van der Waals surface area (Å²) in [5.41, 5.74) is 10.4. The van der Waals surface area contributed by atoms with Crippen molar-refractivity contribution in [3.63, 3.8) is 0 Å². The molecule has 0 heterocycles. The number of hydrogen-bond donors (Lipinski definition) is 4. The van der Waals surface area contributed by atoms with Gasteiger partial charge in [-0.1, -0.05) is 12.8 Å². The Bertz CT molecular complexity index is 237. The molecular formula is C12H26Cl4N4O4Pt. The first kappa shape index (κ1) is 36.5. The van der Waals surface area contributed by atoms with Crippen LogP contribution in [0.15, 0.2) is 0 Å². The normalized spacial score (nSPS) is 8.24. The molecule has 0 saturated carbocycles. The third kappa shape index (κ3) is 79.1. The van der Waals surface area contributed by atoms with E-state index in [0.29, 0.717) is 25.9 Å². The summed E-state index contributed by atoms with van der Waals surface area (Å²) in [6, 6.07) is 0. The maximum atomic E-state index is 9.82. The third-order valence-corrected chi connectivity index (χ3v) is 2.17. The van der Waals surface area contributed by atoms with E-state index in [4.69, 9.17) is 11.5 Å². The summed E-state index contributed by atoms with van der Waals surface area (Å²) < 4.78 is 3.39. The van der Waals surface area contributed by atoms with Crippen LogP contribution in [0.25, 0.3) is 0 Å². The van der Waals surface area contributed by atoms with Gasteiger partial charge < -0.3 is 31.3 Å². The minimum Gasteiger partial charge on any atom is -0.550 e. The number of hydrogen-bond acceptors (Lipinski definition) is 8. The molecule has 156 valence electrons. The molecule has 0 saturated heterocycles. The van der Waals surface area contributed by atoms with E-state index >= 15 is 0 Å². The molecule has 0 rings (SSSR count). The van der Waals surface area contributed by atoms with Crippen LogP contribution in [-0.4, -0.2) is 25.0 Å². The molecule has 0 aromatic rings. The molecule has 8 nitrogen and oxygen atoms in total. The van der Waals surface area contributed by atoms with Gasteiger partial charge in [0.1, 0.15) is 0 Å². The average molecular weight is 627 g/mol.